The fourth-order valence-electron chi connectivity index (χ4n) is 1.22. The predicted octanol–water partition coefficient (Wildman–Crippen LogP) is 1.97. The van der Waals surface area contributed by atoms with Crippen LogP contribution in [0.3, 0.4) is 0 Å². The van der Waals surface area contributed by atoms with Crippen LogP contribution < -0.4 is 0 Å². The number of rotatable bonds is 2. The molecule has 0 unspecified atom stereocenters. The molecule has 2 rings (SSSR count). The van der Waals surface area contributed by atoms with Crippen molar-refractivity contribution < 1.29 is 4.39 Å². The summed E-state index contributed by atoms with van der Waals surface area (Å²) >= 11 is 0. The van der Waals surface area contributed by atoms with Crippen LogP contribution in [0.2, 0.25) is 0 Å². The molecular formula is C10H10FN3. The second-order valence-electron chi connectivity index (χ2n) is 2.96. The maximum Gasteiger partial charge on any atom is 0.148 e. The van der Waals surface area contributed by atoms with Gasteiger partial charge < -0.3 is 0 Å². The Kier molecular flexibility index (Phi) is 2.26. The molecule has 1 aromatic heterocycles. The van der Waals surface area contributed by atoms with E-state index in [9.17, 15) is 4.39 Å². The molecule has 0 saturated carbocycles. The van der Waals surface area contributed by atoms with Crippen molar-refractivity contribution in [2.45, 2.75) is 13.3 Å². The predicted molar refractivity (Wildman–Crippen MR) is 50.7 cm³/mol. The second kappa shape index (κ2) is 3.57. The van der Waals surface area contributed by atoms with E-state index in [4.69, 9.17) is 0 Å². The summed E-state index contributed by atoms with van der Waals surface area (Å²) in [5, 5.41) is 7.74. The first-order valence-electron chi connectivity index (χ1n) is 4.47. The van der Waals surface area contributed by atoms with Crippen molar-refractivity contribution in [1.82, 2.24) is 15.0 Å². The molecule has 0 bridgehead atoms. The molecule has 0 fully saturated rings. The van der Waals surface area contributed by atoms with Gasteiger partial charge in [0.25, 0.3) is 0 Å². The Bertz CT molecular complexity index is 436. The molecule has 0 atom stereocenters. The van der Waals surface area contributed by atoms with Crippen molar-refractivity contribution in [3.63, 3.8) is 0 Å². The van der Waals surface area contributed by atoms with Crippen molar-refractivity contribution in [1.29, 1.82) is 0 Å². The van der Waals surface area contributed by atoms with Crippen molar-refractivity contribution >= 4 is 0 Å². The number of para-hydroxylation sites is 1. The molecule has 14 heavy (non-hydrogen) atoms. The van der Waals surface area contributed by atoms with E-state index in [0.717, 1.165) is 12.1 Å². The van der Waals surface area contributed by atoms with Gasteiger partial charge in [0.1, 0.15) is 11.5 Å². The Morgan fingerprint density at radius 3 is 2.79 bits per heavy atom. The lowest BCUT2D eigenvalue weighted by Gasteiger charge is -1.99. The highest BCUT2D eigenvalue weighted by molar-refractivity contribution is 5.32. The van der Waals surface area contributed by atoms with Gasteiger partial charge in [0.15, 0.2) is 0 Å². The minimum absolute atomic E-state index is 0.292. The van der Waals surface area contributed by atoms with E-state index < -0.39 is 0 Å². The van der Waals surface area contributed by atoms with Gasteiger partial charge in [-0.15, -0.1) is 5.10 Å². The normalized spacial score (nSPS) is 10.4. The van der Waals surface area contributed by atoms with Crippen molar-refractivity contribution in [2.75, 3.05) is 0 Å². The molecule has 2 aromatic rings. The topological polar surface area (TPSA) is 30.7 Å². The molecule has 0 spiro atoms. The zero-order chi connectivity index (χ0) is 9.97. The summed E-state index contributed by atoms with van der Waals surface area (Å²) in [4.78, 5) is 0. The summed E-state index contributed by atoms with van der Waals surface area (Å²) in [5.41, 5.74) is 1.29. The number of nitrogens with zero attached hydrogens (tertiary/aromatic N) is 3. The molecule has 4 heteroatoms. The lowest BCUT2D eigenvalue weighted by Crippen LogP contribution is -1.97. The van der Waals surface area contributed by atoms with E-state index in [1.54, 1.807) is 24.4 Å². The zero-order valence-electron chi connectivity index (χ0n) is 7.81. The summed E-state index contributed by atoms with van der Waals surface area (Å²) in [6.07, 6.45) is 2.53. The van der Waals surface area contributed by atoms with Gasteiger partial charge in [-0.1, -0.05) is 24.3 Å². The number of halogens is 1. The third kappa shape index (κ3) is 1.51. The molecule has 0 aliphatic rings. The van der Waals surface area contributed by atoms with E-state index >= 15 is 0 Å². The molecule has 0 radical (unpaired) electrons. The molecule has 1 aromatic carbocycles. The molecule has 3 nitrogen and oxygen atoms in total. The van der Waals surface area contributed by atoms with Crippen LogP contribution in [-0.2, 0) is 6.42 Å². The van der Waals surface area contributed by atoms with Crippen LogP contribution in [0.5, 0.6) is 0 Å². The lowest BCUT2D eigenvalue weighted by atomic mass is 10.3. The second-order valence-corrected chi connectivity index (χ2v) is 2.96. The van der Waals surface area contributed by atoms with Gasteiger partial charge in [0.2, 0.25) is 0 Å². The Hall–Kier alpha value is -1.71. The largest absolute Gasteiger partial charge is 0.217 e. The average molecular weight is 191 g/mol. The molecule has 72 valence electrons. The Morgan fingerprint density at radius 1 is 1.36 bits per heavy atom. The van der Waals surface area contributed by atoms with Crippen LogP contribution in [0.4, 0.5) is 4.39 Å². The van der Waals surface area contributed by atoms with Gasteiger partial charge in [0, 0.05) is 0 Å². The van der Waals surface area contributed by atoms with E-state index in [2.05, 4.69) is 10.3 Å². The summed E-state index contributed by atoms with van der Waals surface area (Å²) in [6, 6.07) is 6.49. The molecule has 0 aliphatic carbocycles. The van der Waals surface area contributed by atoms with Crippen molar-refractivity contribution in [3.05, 3.63) is 42.0 Å². The SMILES string of the molecule is CCc1cn(-c2ccccc2F)nn1. The van der Waals surface area contributed by atoms with Crippen LogP contribution in [-0.4, -0.2) is 15.0 Å². The van der Waals surface area contributed by atoms with Gasteiger partial charge in [0.05, 0.1) is 11.9 Å². The number of hydrogen-bond acceptors (Lipinski definition) is 2. The van der Waals surface area contributed by atoms with Crippen LogP contribution in [0.25, 0.3) is 5.69 Å². The fourth-order valence-corrected chi connectivity index (χ4v) is 1.22. The minimum atomic E-state index is -0.292. The highest BCUT2D eigenvalue weighted by Crippen LogP contribution is 2.11. The van der Waals surface area contributed by atoms with E-state index in [1.165, 1.54) is 10.7 Å². The quantitative estimate of drug-likeness (QED) is 0.726. The summed E-state index contributed by atoms with van der Waals surface area (Å²) in [5.74, 6) is -0.292. The smallest absolute Gasteiger partial charge is 0.148 e. The van der Waals surface area contributed by atoms with Gasteiger partial charge in [-0.2, -0.15) is 0 Å². The molecule has 0 amide bonds. The third-order valence-corrected chi connectivity index (χ3v) is 2.00. The molecular weight excluding hydrogens is 181 g/mol. The maximum absolute atomic E-state index is 13.3. The van der Waals surface area contributed by atoms with Crippen LogP contribution in [0, 0.1) is 5.82 Å². The lowest BCUT2D eigenvalue weighted by molar-refractivity contribution is 0.607. The van der Waals surface area contributed by atoms with Crippen LogP contribution >= 0.6 is 0 Å². The first kappa shape index (κ1) is 8.87. The average Bonchev–Trinajstić information content (AvgIpc) is 2.67. The van der Waals surface area contributed by atoms with Crippen molar-refractivity contribution in [3.8, 4) is 5.69 Å². The monoisotopic (exact) mass is 191 g/mol. The summed E-state index contributed by atoms with van der Waals surface area (Å²) in [7, 11) is 0. The highest BCUT2D eigenvalue weighted by Gasteiger charge is 2.05. The maximum atomic E-state index is 13.3. The highest BCUT2D eigenvalue weighted by atomic mass is 19.1. The van der Waals surface area contributed by atoms with Gasteiger partial charge in [-0.25, -0.2) is 9.07 Å². The summed E-state index contributed by atoms with van der Waals surface area (Å²) in [6.45, 7) is 1.98. The first-order chi connectivity index (χ1) is 6.81. The fraction of sp³-hybridized carbons (Fsp3) is 0.200. The number of benzene rings is 1. The molecule has 0 aliphatic heterocycles. The van der Waals surface area contributed by atoms with Crippen molar-refractivity contribution in [2.24, 2.45) is 0 Å². The molecule has 1 heterocycles. The minimum Gasteiger partial charge on any atom is -0.217 e. The van der Waals surface area contributed by atoms with Gasteiger partial charge in [-0.3, -0.25) is 0 Å². The molecule has 0 N–H and O–H groups in total. The van der Waals surface area contributed by atoms with E-state index in [0.29, 0.717) is 5.69 Å². The number of aromatic nitrogens is 3. The standard InChI is InChI=1S/C10H10FN3/c1-2-8-7-14(13-12-8)10-6-4-3-5-9(10)11/h3-7H,2H2,1H3. The Balaban J connectivity index is 2.44. The molecule has 0 saturated heterocycles. The van der Waals surface area contributed by atoms with Crippen LogP contribution in [0.15, 0.2) is 30.5 Å². The van der Waals surface area contributed by atoms with Gasteiger partial charge >= 0.3 is 0 Å². The van der Waals surface area contributed by atoms with Gasteiger partial charge in [-0.05, 0) is 18.6 Å². The summed E-state index contributed by atoms with van der Waals surface area (Å²) < 4.78 is 14.8. The Morgan fingerprint density at radius 2 is 2.14 bits per heavy atom. The zero-order valence-corrected chi connectivity index (χ0v) is 7.81. The van der Waals surface area contributed by atoms with Crippen LogP contribution in [0.1, 0.15) is 12.6 Å². The number of hydrogen-bond donors (Lipinski definition) is 0. The first-order valence-corrected chi connectivity index (χ1v) is 4.47. The van der Waals surface area contributed by atoms with E-state index in [1.807, 2.05) is 6.92 Å². The Labute approximate surface area is 81.2 Å². The number of aryl methyl sites for hydroxylation is 1. The van der Waals surface area contributed by atoms with E-state index in [-0.39, 0.29) is 5.82 Å². The third-order valence-electron chi connectivity index (χ3n) is 2.00.